The zero-order valence-corrected chi connectivity index (χ0v) is 9.30. The quantitative estimate of drug-likeness (QED) is 0.698. The van der Waals surface area contributed by atoms with Crippen molar-refractivity contribution in [3.05, 3.63) is 11.6 Å². The lowest BCUT2D eigenvalue weighted by molar-refractivity contribution is 0.168. The van der Waals surface area contributed by atoms with Crippen LogP contribution in [-0.4, -0.2) is 37.2 Å². The monoisotopic (exact) mass is 215 g/mol. The van der Waals surface area contributed by atoms with Crippen LogP contribution >= 0.6 is 11.6 Å². The molecule has 0 bridgehead atoms. The molecule has 0 aromatic carbocycles. The normalized spacial score (nSPS) is 27.1. The second kappa shape index (κ2) is 4.65. The fourth-order valence-electron chi connectivity index (χ4n) is 2.06. The van der Waals surface area contributed by atoms with Gasteiger partial charge in [0.15, 0.2) is 0 Å². The molecule has 2 aliphatic rings. The van der Waals surface area contributed by atoms with Crippen LogP contribution in [0.25, 0.3) is 0 Å². The van der Waals surface area contributed by atoms with Crippen molar-refractivity contribution in [1.29, 1.82) is 0 Å². The molecule has 1 saturated carbocycles. The summed E-state index contributed by atoms with van der Waals surface area (Å²) in [5, 5.41) is 0.760. The standard InChI is InChI=1S/C11H18ClNO/c1-9(12)6-13(11-2-3-11)7-10-4-5-14-8-10/h10-11H,1-8H2/t10-/m1/s1. The zero-order chi connectivity index (χ0) is 9.97. The van der Waals surface area contributed by atoms with Gasteiger partial charge in [-0.2, -0.15) is 0 Å². The average molecular weight is 216 g/mol. The lowest BCUT2D eigenvalue weighted by atomic mass is 10.1. The highest BCUT2D eigenvalue weighted by molar-refractivity contribution is 6.29. The van der Waals surface area contributed by atoms with E-state index in [-0.39, 0.29) is 0 Å². The van der Waals surface area contributed by atoms with Gasteiger partial charge in [0, 0.05) is 30.8 Å². The molecule has 3 heteroatoms. The van der Waals surface area contributed by atoms with Crippen molar-refractivity contribution in [3.63, 3.8) is 0 Å². The van der Waals surface area contributed by atoms with E-state index in [2.05, 4.69) is 11.5 Å². The van der Waals surface area contributed by atoms with Gasteiger partial charge in [-0.15, -0.1) is 0 Å². The molecule has 0 spiro atoms. The van der Waals surface area contributed by atoms with Crippen LogP contribution in [0.4, 0.5) is 0 Å². The Labute approximate surface area is 90.9 Å². The largest absolute Gasteiger partial charge is 0.381 e. The Bertz CT molecular complexity index is 209. The van der Waals surface area contributed by atoms with Gasteiger partial charge in [-0.3, -0.25) is 4.90 Å². The highest BCUT2D eigenvalue weighted by atomic mass is 35.5. The van der Waals surface area contributed by atoms with Gasteiger partial charge < -0.3 is 4.74 Å². The zero-order valence-electron chi connectivity index (χ0n) is 8.54. The van der Waals surface area contributed by atoms with Crippen molar-refractivity contribution in [2.24, 2.45) is 5.92 Å². The third-order valence-corrected chi connectivity index (χ3v) is 3.07. The summed E-state index contributed by atoms with van der Waals surface area (Å²) < 4.78 is 5.38. The number of halogens is 1. The summed E-state index contributed by atoms with van der Waals surface area (Å²) in [4.78, 5) is 2.47. The lowest BCUT2D eigenvalue weighted by Crippen LogP contribution is -2.32. The summed E-state index contributed by atoms with van der Waals surface area (Å²) in [6.07, 6.45) is 3.87. The van der Waals surface area contributed by atoms with Crippen molar-refractivity contribution in [3.8, 4) is 0 Å². The van der Waals surface area contributed by atoms with Gasteiger partial charge in [0.1, 0.15) is 0 Å². The summed E-state index contributed by atoms with van der Waals surface area (Å²) >= 11 is 5.86. The number of rotatable bonds is 5. The number of hydrogen-bond acceptors (Lipinski definition) is 2. The summed E-state index contributed by atoms with van der Waals surface area (Å²) in [6, 6.07) is 0.770. The molecule has 2 rings (SSSR count). The van der Waals surface area contributed by atoms with E-state index in [0.717, 1.165) is 37.4 Å². The molecule has 14 heavy (non-hydrogen) atoms. The Hall–Kier alpha value is -0.0500. The molecule has 1 heterocycles. The first kappa shape index (κ1) is 10.5. The highest BCUT2D eigenvalue weighted by Crippen LogP contribution is 2.29. The van der Waals surface area contributed by atoms with Crippen molar-refractivity contribution >= 4 is 11.6 Å². The van der Waals surface area contributed by atoms with Crippen LogP contribution in [0, 0.1) is 5.92 Å². The molecule has 0 N–H and O–H groups in total. The van der Waals surface area contributed by atoms with Gasteiger partial charge in [0.25, 0.3) is 0 Å². The second-order valence-corrected chi connectivity index (χ2v) is 4.94. The first-order valence-electron chi connectivity index (χ1n) is 5.41. The number of ether oxygens (including phenoxy) is 1. The van der Waals surface area contributed by atoms with Crippen LogP contribution in [-0.2, 0) is 4.74 Å². The predicted molar refractivity (Wildman–Crippen MR) is 58.5 cm³/mol. The molecule has 0 amide bonds. The van der Waals surface area contributed by atoms with Crippen LogP contribution in [0.2, 0.25) is 0 Å². The minimum absolute atomic E-state index is 0.714. The van der Waals surface area contributed by atoms with E-state index in [0.29, 0.717) is 5.92 Å². The summed E-state index contributed by atoms with van der Waals surface area (Å²) in [5.41, 5.74) is 0. The number of hydrogen-bond donors (Lipinski definition) is 0. The van der Waals surface area contributed by atoms with Crippen LogP contribution in [0.3, 0.4) is 0 Å². The van der Waals surface area contributed by atoms with E-state index in [9.17, 15) is 0 Å². The molecule has 0 aromatic rings. The van der Waals surface area contributed by atoms with Gasteiger partial charge in [-0.1, -0.05) is 18.2 Å². The van der Waals surface area contributed by atoms with Crippen LogP contribution in [0.1, 0.15) is 19.3 Å². The first-order valence-corrected chi connectivity index (χ1v) is 5.78. The van der Waals surface area contributed by atoms with E-state index in [1.807, 2.05) is 0 Å². The van der Waals surface area contributed by atoms with Crippen molar-refractivity contribution in [2.75, 3.05) is 26.3 Å². The van der Waals surface area contributed by atoms with E-state index in [4.69, 9.17) is 16.3 Å². The molecule has 2 fully saturated rings. The Kier molecular flexibility index (Phi) is 3.47. The molecule has 1 aliphatic heterocycles. The van der Waals surface area contributed by atoms with E-state index in [1.54, 1.807) is 0 Å². The topological polar surface area (TPSA) is 12.5 Å². The maximum absolute atomic E-state index is 5.86. The maximum Gasteiger partial charge on any atom is 0.0507 e. The van der Waals surface area contributed by atoms with E-state index in [1.165, 1.54) is 19.3 Å². The Morgan fingerprint density at radius 1 is 1.43 bits per heavy atom. The molecule has 1 saturated heterocycles. The molecule has 1 atom stereocenters. The second-order valence-electron chi connectivity index (χ2n) is 4.41. The molecule has 0 radical (unpaired) electrons. The fraction of sp³-hybridized carbons (Fsp3) is 0.818. The molecular weight excluding hydrogens is 198 g/mol. The van der Waals surface area contributed by atoms with Gasteiger partial charge >= 0.3 is 0 Å². The van der Waals surface area contributed by atoms with Crippen LogP contribution in [0.5, 0.6) is 0 Å². The molecule has 80 valence electrons. The average Bonchev–Trinajstić information content (AvgIpc) is 2.85. The van der Waals surface area contributed by atoms with Crippen molar-refractivity contribution in [2.45, 2.75) is 25.3 Å². The summed E-state index contributed by atoms with van der Waals surface area (Å²) in [6.45, 7) is 7.62. The first-order chi connectivity index (χ1) is 6.75. The molecule has 0 unspecified atom stereocenters. The highest BCUT2D eigenvalue weighted by Gasteiger charge is 2.31. The summed E-state index contributed by atoms with van der Waals surface area (Å²) in [5.74, 6) is 0.714. The lowest BCUT2D eigenvalue weighted by Gasteiger charge is -2.24. The maximum atomic E-state index is 5.86. The van der Waals surface area contributed by atoms with Crippen molar-refractivity contribution < 1.29 is 4.74 Å². The SMILES string of the molecule is C=C(Cl)CN(C[C@H]1CCOC1)C1CC1. The minimum atomic E-state index is 0.714. The van der Waals surface area contributed by atoms with E-state index < -0.39 is 0 Å². The fourth-order valence-corrected chi connectivity index (χ4v) is 2.22. The van der Waals surface area contributed by atoms with Crippen molar-refractivity contribution in [1.82, 2.24) is 4.90 Å². The number of nitrogens with zero attached hydrogens (tertiary/aromatic N) is 1. The van der Waals surface area contributed by atoms with Gasteiger partial charge in [-0.25, -0.2) is 0 Å². The van der Waals surface area contributed by atoms with Crippen LogP contribution < -0.4 is 0 Å². The molecule has 2 nitrogen and oxygen atoms in total. The van der Waals surface area contributed by atoms with Gasteiger partial charge in [0.05, 0.1) is 6.61 Å². The third-order valence-electron chi connectivity index (χ3n) is 2.95. The smallest absolute Gasteiger partial charge is 0.0507 e. The summed E-state index contributed by atoms with van der Waals surface area (Å²) in [7, 11) is 0. The minimum Gasteiger partial charge on any atom is -0.381 e. The van der Waals surface area contributed by atoms with Crippen LogP contribution in [0.15, 0.2) is 11.6 Å². The Morgan fingerprint density at radius 2 is 2.21 bits per heavy atom. The Morgan fingerprint density at radius 3 is 2.71 bits per heavy atom. The van der Waals surface area contributed by atoms with E-state index >= 15 is 0 Å². The third kappa shape index (κ3) is 2.97. The predicted octanol–water partition coefficient (Wildman–Crippen LogP) is 2.24. The Balaban J connectivity index is 1.80. The molecule has 1 aliphatic carbocycles. The molecule has 0 aromatic heterocycles. The van der Waals surface area contributed by atoms with Gasteiger partial charge in [0.2, 0.25) is 0 Å². The van der Waals surface area contributed by atoms with Gasteiger partial charge in [-0.05, 0) is 25.2 Å². The molecular formula is C11H18ClNO.